The second kappa shape index (κ2) is 6.22. The molecule has 1 N–H and O–H groups in total. The van der Waals surface area contributed by atoms with E-state index < -0.39 is 15.8 Å². The summed E-state index contributed by atoms with van der Waals surface area (Å²) < 4.78 is 40.3. The number of anilines is 1. The number of para-hydroxylation sites is 1. The van der Waals surface area contributed by atoms with E-state index in [1.165, 1.54) is 6.07 Å². The molecule has 0 spiro atoms. The molecular formula is C14H12Cl2FNO2S. The summed E-state index contributed by atoms with van der Waals surface area (Å²) in [4.78, 5) is -0.318. The predicted molar refractivity (Wildman–Crippen MR) is 82.9 cm³/mol. The molecule has 0 heterocycles. The molecule has 2 aromatic rings. The van der Waals surface area contributed by atoms with Gasteiger partial charge in [0.1, 0.15) is 10.7 Å². The molecule has 0 aliphatic carbocycles. The maximum Gasteiger partial charge on any atom is 0.263 e. The molecule has 0 aliphatic rings. The van der Waals surface area contributed by atoms with Gasteiger partial charge in [-0.2, -0.15) is 0 Å². The van der Waals surface area contributed by atoms with Crippen LogP contribution in [0, 0.1) is 5.82 Å². The molecule has 0 radical (unpaired) electrons. The van der Waals surface area contributed by atoms with Crippen molar-refractivity contribution in [2.24, 2.45) is 0 Å². The number of nitrogens with one attached hydrogen (secondary N) is 1. The predicted octanol–water partition coefficient (Wildman–Crippen LogP) is 4.58. The first-order valence-electron chi connectivity index (χ1n) is 6.02. The lowest BCUT2D eigenvalue weighted by molar-refractivity contribution is 0.595. The molecule has 0 bridgehead atoms. The Hall–Kier alpha value is -1.30. The molecule has 0 aromatic heterocycles. The Morgan fingerprint density at radius 2 is 1.86 bits per heavy atom. The van der Waals surface area contributed by atoms with Gasteiger partial charge >= 0.3 is 0 Å². The smallest absolute Gasteiger partial charge is 0.263 e. The maximum absolute atomic E-state index is 13.3. The molecule has 1 unspecified atom stereocenters. The fourth-order valence-electron chi connectivity index (χ4n) is 1.82. The quantitative estimate of drug-likeness (QED) is 0.822. The Balaban J connectivity index is 2.45. The Morgan fingerprint density at radius 3 is 2.52 bits per heavy atom. The van der Waals surface area contributed by atoms with Crippen molar-refractivity contribution in [2.45, 2.75) is 17.2 Å². The minimum atomic E-state index is -4.00. The van der Waals surface area contributed by atoms with Crippen LogP contribution in [0.15, 0.2) is 47.4 Å². The Labute approximate surface area is 132 Å². The number of halogens is 3. The minimum absolute atomic E-state index is 0.0553. The number of benzene rings is 2. The molecule has 0 saturated heterocycles. The van der Waals surface area contributed by atoms with E-state index in [1.54, 1.807) is 31.2 Å². The number of sulfonamides is 1. The first-order chi connectivity index (χ1) is 9.81. The number of rotatable bonds is 4. The highest BCUT2D eigenvalue weighted by atomic mass is 35.5. The molecule has 0 saturated carbocycles. The number of hydrogen-bond donors (Lipinski definition) is 1. The average Bonchev–Trinajstić information content (AvgIpc) is 2.41. The summed E-state index contributed by atoms with van der Waals surface area (Å²) in [5, 5.41) is -0.438. The number of hydrogen-bond acceptors (Lipinski definition) is 2. The normalized spacial score (nSPS) is 13.0. The highest BCUT2D eigenvalue weighted by Crippen LogP contribution is 2.30. The summed E-state index contributed by atoms with van der Waals surface area (Å²) in [7, 11) is -4.00. The second-order valence-corrected chi connectivity index (χ2v) is 7.10. The van der Waals surface area contributed by atoms with Gasteiger partial charge in [-0.05, 0) is 36.8 Å². The van der Waals surface area contributed by atoms with E-state index in [2.05, 4.69) is 4.72 Å². The molecule has 1 atom stereocenters. The number of alkyl halides is 1. The molecule has 21 heavy (non-hydrogen) atoms. The lowest BCUT2D eigenvalue weighted by Crippen LogP contribution is -2.15. The molecule has 2 aromatic carbocycles. The van der Waals surface area contributed by atoms with E-state index in [-0.39, 0.29) is 15.3 Å². The summed E-state index contributed by atoms with van der Waals surface area (Å²) in [5.41, 5.74) is 0.954. The zero-order valence-electron chi connectivity index (χ0n) is 11.0. The van der Waals surface area contributed by atoms with E-state index in [4.69, 9.17) is 23.2 Å². The molecule has 112 valence electrons. The van der Waals surface area contributed by atoms with Gasteiger partial charge in [0.05, 0.1) is 16.1 Å². The lowest BCUT2D eigenvalue weighted by Gasteiger charge is -2.14. The zero-order chi connectivity index (χ0) is 15.6. The van der Waals surface area contributed by atoms with Crippen molar-refractivity contribution in [3.8, 4) is 0 Å². The molecule has 0 amide bonds. The van der Waals surface area contributed by atoms with Crippen LogP contribution in [0.25, 0.3) is 0 Å². The van der Waals surface area contributed by atoms with Crippen molar-refractivity contribution in [2.75, 3.05) is 4.72 Å². The minimum Gasteiger partial charge on any atom is -0.279 e. The van der Waals surface area contributed by atoms with Crippen LogP contribution >= 0.6 is 23.2 Å². The Morgan fingerprint density at radius 1 is 1.19 bits per heavy atom. The van der Waals surface area contributed by atoms with E-state index in [0.717, 1.165) is 12.1 Å². The van der Waals surface area contributed by atoms with Crippen LogP contribution in [0.2, 0.25) is 5.02 Å². The molecule has 0 aliphatic heterocycles. The van der Waals surface area contributed by atoms with E-state index >= 15 is 0 Å². The SMILES string of the molecule is CC(Cl)c1ccccc1NS(=O)(=O)c1cc(F)ccc1Cl. The lowest BCUT2D eigenvalue weighted by atomic mass is 10.1. The van der Waals surface area contributed by atoms with E-state index in [1.807, 2.05) is 0 Å². The van der Waals surface area contributed by atoms with Gasteiger partial charge in [-0.3, -0.25) is 4.72 Å². The molecule has 3 nitrogen and oxygen atoms in total. The van der Waals surface area contributed by atoms with Gasteiger partial charge in [0, 0.05) is 0 Å². The highest BCUT2D eigenvalue weighted by molar-refractivity contribution is 7.92. The van der Waals surface area contributed by atoms with Crippen LogP contribution < -0.4 is 4.72 Å². The van der Waals surface area contributed by atoms with Crippen LogP contribution in [0.1, 0.15) is 17.9 Å². The van der Waals surface area contributed by atoms with Gasteiger partial charge in [-0.25, -0.2) is 12.8 Å². The largest absolute Gasteiger partial charge is 0.279 e. The third-order valence-electron chi connectivity index (χ3n) is 2.82. The van der Waals surface area contributed by atoms with Crippen molar-refractivity contribution >= 4 is 38.9 Å². The Bertz CT molecular complexity index is 763. The maximum atomic E-state index is 13.3. The van der Waals surface area contributed by atoms with Gasteiger partial charge in [0.2, 0.25) is 0 Å². The summed E-state index contributed by atoms with van der Waals surface area (Å²) in [6, 6.07) is 9.88. The van der Waals surface area contributed by atoms with Gasteiger partial charge in [0.25, 0.3) is 10.0 Å². The van der Waals surface area contributed by atoms with Crippen molar-refractivity contribution in [3.05, 3.63) is 58.9 Å². The first-order valence-corrected chi connectivity index (χ1v) is 8.32. The molecular weight excluding hydrogens is 336 g/mol. The van der Waals surface area contributed by atoms with Crippen LogP contribution in [0.3, 0.4) is 0 Å². The highest BCUT2D eigenvalue weighted by Gasteiger charge is 2.20. The third-order valence-corrected chi connectivity index (χ3v) is 4.90. The monoisotopic (exact) mass is 347 g/mol. The van der Waals surface area contributed by atoms with E-state index in [0.29, 0.717) is 11.3 Å². The topological polar surface area (TPSA) is 46.2 Å². The molecule has 0 fully saturated rings. The second-order valence-electron chi connectivity index (χ2n) is 4.38. The fourth-order valence-corrected chi connectivity index (χ4v) is 3.61. The van der Waals surface area contributed by atoms with Gasteiger partial charge < -0.3 is 0 Å². The average molecular weight is 348 g/mol. The van der Waals surface area contributed by atoms with Crippen LogP contribution in [-0.4, -0.2) is 8.42 Å². The van der Waals surface area contributed by atoms with Gasteiger partial charge in [-0.15, -0.1) is 11.6 Å². The standard InChI is InChI=1S/C14H12Cl2FNO2S/c1-9(15)11-4-2-3-5-13(11)18-21(19,20)14-8-10(17)6-7-12(14)16/h2-9,18H,1H3. The van der Waals surface area contributed by atoms with Crippen molar-refractivity contribution in [3.63, 3.8) is 0 Å². The summed E-state index contributed by atoms with van der Waals surface area (Å²) >= 11 is 11.9. The van der Waals surface area contributed by atoms with Crippen LogP contribution in [0.4, 0.5) is 10.1 Å². The Kier molecular flexibility index (Phi) is 4.76. The molecule has 7 heteroatoms. The van der Waals surface area contributed by atoms with Crippen molar-refractivity contribution < 1.29 is 12.8 Å². The van der Waals surface area contributed by atoms with Gasteiger partial charge in [0.15, 0.2) is 0 Å². The van der Waals surface area contributed by atoms with Crippen molar-refractivity contribution in [1.82, 2.24) is 0 Å². The zero-order valence-corrected chi connectivity index (χ0v) is 13.3. The van der Waals surface area contributed by atoms with E-state index in [9.17, 15) is 12.8 Å². The first kappa shape index (κ1) is 16.1. The summed E-state index contributed by atoms with van der Waals surface area (Å²) in [5.74, 6) is -0.682. The van der Waals surface area contributed by atoms with Gasteiger partial charge in [-0.1, -0.05) is 29.8 Å². The summed E-state index contributed by atoms with van der Waals surface area (Å²) in [6.45, 7) is 1.73. The van der Waals surface area contributed by atoms with Crippen LogP contribution in [-0.2, 0) is 10.0 Å². The van der Waals surface area contributed by atoms with Crippen LogP contribution in [0.5, 0.6) is 0 Å². The summed E-state index contributed by atoms with van der Waals surface area (Å²) in [6.07, 6.45) is 0. The van der Waals surface area contributed by atoms with Crippen molar-refractivity contribution in [1.29, 1.82) is 0 Å². The third kappa shape index (κ3) is 3.67. The fraction of sp³-hybridized carbons (Fsp3) is 0.143. The molecule has 2 rings (SSSR count).